The molecule has 0 atom stereocenters. The van der Waals surface area contributed by atoms with Crippen LogP contribution in [0.5, 0.6) is 0 Å². The number of hydrogen-bond acceptors (Lipinski definition) is 3. The van der Waals surface area contributed by atoms with Gasteiger partial charge < -0.3 is 5.32 Å². The van der Waals surface area contributed by atoms with E-state index in [1.807, 2.05) is 89.9 Å². The minimum absolute atomic E-state index is 0.0296. The molecule has 0 fully saturated rings. The molecule has 2 aromatic heterocycles. The standard InChI is InChI=1S/C20H17N5OS/c26-18(21-17-11-5-2-6-12-17)15-24-20(27)25(23-13-7-8-14-23)19(22-24)16-9-3-1-4-10-16/h1-14H,15H2,(H,21,26). The normalized spacial score (nSPS) is 10.7. The summed E-state index contributed by atoms with van der Waals surface area (Å²) in [4.78, 5) is 12.4. The molecule has 0 saturated carbocycles. The molecule has 0 unspecified atom stereocenters. The third-order valence-electron chi connectivity index (χ3n) is 4.02. The molecule has 27 heavy (non-hydrogen) atoms. The summed E-state index contributed by atoms with van der Waals surface area (Å²) in [6, 6.07) is 22.9. The van der Waals surface area contributed by atoms with Gasteiger partial charge in [-0.2, -0.15) is 0 Å². The molecule has 4 rings (SSSR count). The van der Waals surface area contributed by atoms with Gasteiger partial charge in [0.25, 0.3) is 0 Å². The first-order chi connectivity index (χ1) is 13.2. The summed E-state index contributed by atoms with van der Waals surface area (Å²) in [5, 5.41) is 7.47. The number of benzene rings is 2. The Morgan fingerprint density at radius 1 is 0.926 bits per heavy atom. The van der Waals surface area contributed by atoms with Crippen molar-refractivity contribution in [2.45, 2.75) is 6.54 Å². The number of para-hydroxylation sites is 1. The minimum Gasteiger partial charge on any atom is -0.324 e. The second-order valence-corrected chi connectivity index (χ2v) is 6.28. The Labute approximate surface area is 161 Å². The maximum Gasteiger partial charge on any atom is 0.246 e. The summed E-state index contributed by atoms with van der Waals surface area (Å²) in [6.07, 6.45) is 3.77. The lowest BCUT2D eigenvalue weighted by molar-refractivity contribution is -0.116. The number of nitrogens with zero attached hydrogens (tertiary/aromatic N) is 4. The third-order valence-corrected chi connectivity index (χ3v) is 4.40. The van der Waals surface area contributed by atoms with Crippen LogP contribution in [0.25, 0.3) is 11.4 Å². The fraction of sp³-hybridized carbons (Fsp3) is 0.0500. The summed E-state index contributed by atoms with van der Waals surface area (Å²) >= 11 is 5.61. The van der Waals surface area contributed by atoms with Gasteiger partial charge in [0, 0.05) is 23.6 Å². The highest BCUT2D eigenvalue weighted by atomic mass is 32.1. The van der Waals surface area contributed by atoms with E-state index in [1.165, 1.54) is 4.68 Å². The second kappa shape index (κ2) is 7.43. The van der Waals surface area contributed by atoms with Crippen molar-refractivity contribution in [3.05, 3.63) is 90.0 Å². The van der Waals surface area contributed by atoms with E-state index in [-0.39, 0.29) is 12.5 Å². The highest BCUT2D eigenvalue weighted by Crippen LogP contribution is 2.18. The fourth-order valence-electron chi connectivity index (χ4n) is 2.79. The van der Waals surface area contributed by atoms with Crippen LogP contribution >= 0.6 is 12.2 Å². The van der Waals surface area contributed by atoms with Crippen molar-refractivity contribution in [1.29, 1.82) is 0 Å². The molecule has 0 spiro atoms. The summed E-state index contributed by atoms with van der Waals surface area (Å²) in [7, 11) is 0. The van der Waals surface area contributed by atoms with Crippen LogP contribution in [-0.4, -0.2) is 25.0 Å². The number of anilines is 1. The molecule has 0 aliphatic carbocycles. The smallest absolute Gasteiger partial charge is 0.246 e. The molecule has 7 heteroatoms. The van der Waals surface area contributed by atoms with Crippen LogP contribution in [0.4, 0.5) is 5.69 Å². The zero-order valence-electron chi connectivity index (χ0n) is 14.4. The topological polar surface area (TPSA) is 56.8 Å². The third kappa shape index (κ3) is 3.58. The molecular formula is C20H17N5OS. The van der Waals surface area contributed by atoms with Crippen LogP contribution in [0.3, 0.4) is 0 Å². The second-order valence-electron chi connectivity index (χ2n) is 5.92. The maximum atomic E-state index is 12.4. The lowest BCUT2D eigenvalue weighted by Crippen LogP contribution is -2.20. The van der Waals surface area contributed by atoms with Gasteiger partial charge in [-0.15, -0.1) is 5.10 Å². The van der Waals surface area contributed by atoms with E-state index in [4.69, 9.17) is 12.2 Å². The number of rotatable bonds is 5. The molecule has 0 radical (unpaired) electrons. The molecule has 0 saturated heterocycles. The van der Waals surface area contributed by atoms with Crippen molar-refractivity contribution in [2.75, 3.05) is 5.32 Å². The van der Waals surface area contributed by atoms with Gasteiger partial charge in [-0.05, 0) is 36.5 Å². The van der Waals surface area contributed by atoms with Gasteiger partial charge >= 0.3 is 0 Å². The van der Waals surface area contributed by atoms with E-state index in [0.717, 1.165) is 11.3 Å². The first-order valence-electron chi connectivity index (χ1n) is 8.46. The van der Waals surface area contributed by atoms with Gasteiger partial charge in [-0.25, -0.2) is 9.36 Å². The Morgan fingerprint density at radius 3 is 2.22 bits per heavy atom. The van der Waals surface area contributed by atoms with Gasteiger partial charge in [0.2, 0.25) is 10.7 Å². The number of carbonyl (C=O) groups excluding carboxylic acids is 1. The van der Waals surface area contributed by atoms with Crippen molar-refractivity contribution in [1.82, 2.24) is 19.1 Å². The van der Waals surface area contributed by atoms with Gasteiger partial charge in [0.05, 0.1) is 0 Å². The van der Waals surface area contributed by atoms with Crippen molar-refractivity contribution >= 4 is 23.8 Å². The number of carbonyl (C=O) groups is 1. The Bertz CT molecular complexity index is 1100. The zero-order valence-corrected chi connectivity index (χ0v) is 15.2. The Morgan fingerprint density at radius 2 is 1.56 bits per heavy atom. The van der Waals surface area contributed by atoms with E-state index in [2.05, 4.69) is 10.4 Å². The zero-order chi connectivity index (χ0) is 18.6. The first-order valence-corrected chi connectivity index (χ1v) is 8.87. The summed E-state index contributed by atoms with van der Waals surface area (Å²) in [5.41, 5.74) is 1.65. The molecule has 4 aromatic rings. The SMILES string of the molecule is O=C(Cn1nc(-c2ccccc2)n(-n2cccc2)c1=S)Nc1ccccc1. The van der Waals surface area contributed by atoms with Crippen LogP contribution in [0.15, 0.2) is 85.2 Å². The van der Waals surface area contributed by atoms with Crippen molar-refractivity contribution in [3.63, 3.8) is 0 Å². The van der Waals surface area contributed by atoms with Gasteiger partial charge in [0.1, 0.15) is 6.54 Å². The molecule has 2 heterocycles. The average molecular weight is 375 g/mol. The van der Waals surface area contributed by atoms with E-state index < -0.39 is 0 Å². The van der Waals surface area contributed by atoms with Crippen LogP contribution < -0.4 is 5.32 Å². The van der Waals surface area contributed by atoms with Crippen LogP contribution in [-0.2, 0) is 11.3 Å². The molecule has 6 nitrogen and oxygen atoms in total. The van der Waals surface area contributed by atoms with Crippen LogP contribution in [0, 0.1) is 4.77 Å². The molecule has 0 bridgehead atoms. The first kappa shape index (κ1) is 17.0. The maximum absolute atomic E-state index is 12.4. The number of hydrogen-bond donors (Lipinski definition) is 1. The minimum atomic E-state index is -0.186. The summed E-state index contributed by atoms with van der Waals surface area (Å²) in [5.74, 6) is 0.485. The van der Waals surface area contributed by atoms with E-state index >= 15 is 0 Å². The fourth-order valence-corrected chi connectivity index (χ4v) is 3.08. The molecule has 1 amide bonds. The lowest BCUT2D eigenvalue weighted by atomic mass is 10.2. The molecule has 1 N–H and O–H groups in total. The van der Waals surface area contributed by atoms with E-state index in [1.54, 1.807) is 4.68 Å². The number of aromatic nitrogens is 4. The van der Waals surface area contributed by atoms with Gasteiger partial charge in [-0.3, -0.25) is 9.47 Å². The highest BCUT2D eigenvalue weighted by Gasteiger charge is 2.16. The van der Waals surface area contributed by atoms with Gasteiger partial charge in [-0.1, -0.05) is 48.5 Å². The quantitative estimate of drug-likeness (QED) is 0.539. The molecule has 2 aromatic carbocycles. The molecule has 0 aliphatic rings. The predicted molar refractivity (Wildman–Crippen MR) is 107 cm³/mol. The Balaban J connectivity index is 1.70. The summed E-state index contributed by atoms with van der Waals surface area (Å²) < 4.78 is 5.63. The summed E-state index contributed by atoms with van der Waals surface area (Å²) in [6.45, 7) is 0.0296. The van der Waals surface area contributed by atoms with E-state index in [0.29, 0.717) is 10.6 Å². The lowest BCUT2D eigenvalue weighted by Gasteiger charge is -2.07. The molecular weight excluding hydrogens is 358 g/mol. The van der Waals surface area contributed by atoms with Crippen molar-refractivity contribution < 1.29 is 4.79 Å². The largest absolute Gasteiger partial charge is 0.324 e. The molecule has 0 aliphatic heterocycles. The number of nitrogens with one attached hydrogen (secondary N) is 1. The number of amides is 1. The monoisotopic (exact) mass is 375 g/mol. The highest BCUT2D eigenvalue weighted by molar-refractivity contribution is 7.71. The Kier molecular flexibility index (Phi) is 4.67. The van der Waals surface area contributed by atoms with Crippen LogP contribution in [0.2, 0.25) is 0 Å². The van der Waals surface area contributed by atoms with E-state index in [9.17, 15) is 4.79 Å². The van der Waals surface area contributed by atoms with Crippen LogP contribution in [0.1, 0.15) is 0 Å². The molecule has 134 valence electrons. The van der Waals surface area contributed by atoms with Crippen molar-refractivity contribution in [3.8, 4) is 11.4 Å². The Hall–Kier alpha value is -3.45. The predicted octanol–water partition coefficient (Wildman–Crippen LogP) is 3.83. The van der Waals surface area contributed by atoms with Gasteiger partial charge in [0.15, 0.2) is 5.82 Å². The van der Waals surface area contributed by atoms with Crippen molar-refractivity contribution in [2.24, 2.45) is 0 Å². The average Bonchev–Trinajstić information content (AvgIpc) is 3.32.